The number of amides is 2. The molecule has 2 rings (SSSR count). The van der Waals surface area contributed by atoms with Gasteiger partial charge < -0.3 is 10.1 Å². The lowest BCUT2D eigenvalue weighted by Crippen LogP contribution is -2.24. The molecule has 0 radical (unpaired) electrons. The molecule has 0 aliphatic carbocycles. The van der Waals surface area contributed by atoms with E-state index in [2.05, 4.69) is 22.8 Å². The second-order valence-corrected chi connectivity index (χ2v) is 5.48. The van der Waals surface area contributed by atoms with Gasteiger partial charge in [-0.25, -0.2) is 10.2 Å². The summed E-state index contributed by atoms with van der Waals surface area (Å²) in [5.74, 6) is 0.783. The first-order valence-corrected chi connectivity index (χ1v) is 8.14. The van der Waals surface area contributed by atoms with Gasteiger partial charge in [0, 0.05) is 16.3 Å². The zero-order valence-corrected chi connectivity index (χ0v) is 14.2. The first-order chi connectivity index (χ1) is 11.7. The van der Waals surface area contributed by atoms with E-state index in [4.69, 9.17) is 16.3 Å². The zero-order valence-electron chi connectivity index (χ0n) is 13.5. The molecule has 0 saturated carbocycles. The normalized spacial score (nSPS) is 10.6. The summed E-state index contributed by atoms with van der Waals surface area (Å²) in [6.07, 6.45) is 3.60. The van der Waals surface area contributed by atoms with E-state index in [-0.39, 0.29) is 0 Å². The second kappa shape index (κ2) is 9.57. The number of unbranched alkanes of at least 4 members (excludes halogenated alkanes) is 1. The molecular formula is C18H20ClN3O2. The smallest absolute Gasteiger partial charge is 0.339 e. The van der Waals surface area contributed by atoms with Crippen molar-refractivity contribution in [3.63, 3.8) is 0 Å². The molecule has 5 nitrogen and oxygen atoms in total. The van der Waals surface area contributed by atoms with Crippen LogP contribution in [-0.4, -0.2) is 18.9 Å². The Labute approximate surface area is 146 Å². The molecule has 126 valence electrons. The van der Waals surface area contributed by atoms with Gasteiger partial charge in [0.2, 0.25) is 0 Å². The molecule has 0 aromatic heterocycles. The summed E-state index contributed by atoms with van der Waals surface area (Å²) in [7, 11) is 0. The number of carbonyl (C=O) groups excluding carboxylic acids is 1. The minimum atomic E-state index is -0.432. The van der Waals surface area contributed by atoms with Gasteiger partial charge in [0.1, 0.15) is 5.75 Å². The average Bonchev–Trinajstić information content (AvgIpc) is 2.58. The van der Waals surface area contributed by atoms with Gasteiger partial charge in [0.25, 0.3) is 0 Å². The lowest BCUT2D eigenvalue weighted by molar-refractivity contribution is 0.252. The number of halogens is 1. The summed E-state index contributed by atoms with van der Waals surface area (Å²) in [5, 5.41) is 7.13. The van der Waals surface area contributed by atoms with E-state index >= 15 is 0 Å². The molecule has 2 N–H and O–H groups in total. The molecular weight excluding hydrogens is 326 g/mol. The monoisotopic (exact) mass is 345 g/mol. The van der Waals surface area contributed by atoms with Crippen molar-refractivity contribution in [1.82, 2.24) is 5.43 Å². The maximum atomic E-state index is 11.8. The highest BCUT2D eigenvalue weighted by molar-refractivity contribution is 6.33. The quantitative estimate of drug-likeness (QED) is 0.435. The van der Waals surface area contributed by atoms with E-state index in [1.54, 1.807) is 18.2 Å². The van der Waals surface area contributed by atoms with Crippen molar-refractivity contribution < 1.29 is 9.53 Å². The van der Waals surface area contributed by atoms with Gasteiger partial charge in [-0.15, -0.1) is 0 Å². The average molecular weight is 346 g/mol. The highest BCUT2D eigenvalue weighted by Gasteiger charge is 2.01. The van der Waals surface area contributed by atoms with Gasteiger partial charge in [-0.05, 0) is 36.8 Å². The number of benzene rings is 2. The lowest BCUT2D eigenvalue weighted by atomic mass is 10.2. The Kier molecular flexibility index (Phi) is 7.11. The third-order valence-electron chi connectivity index (χ3n) is 3.15. The third-order valence-corrected chi connectivity index (χ3v) is 3.50. The van der Waals surface area contributed by atoms with E-state index in [0.29, 0.717) is 17.3 Å². The van der Waals surface area contributed by atoms with Crippen LogP contribution in [0.1, 0.15) is 25.3 Å². The van der Waals surface area contributed by atoms with Gasteiger partial charge >= 0.3 is 6.03 Å². The zero-order chi connectivity index (χ0) is 17.2. The van der Waals surface area contributed by atoms with E-state index in [0.717, 1.165) is 24.2 Å². The van der Waals surface area contributed by atoms with Crippen molar-refractivity contribution in [2.75, 3.05) is 11.9 Å². The van der Waals surface area contributed by atoms with Crippen LogP contribution in [0, 0.1) is 0 Å². The summed E-state index contributed by atoms with van der Waals surface area (Å²) in [6, 6.07) is 14.0. The summed E-state index contributed by atoms with van der Waals surface area (Å²) in [6.45, 7) is 2.81. The molecule has 0 heterocycles. The van der Waals surface area contributed by atoms with Gasteiger partial charge in [0.15, 0.2) is 0 Å². The van der Waals surface area contributed by atoms with Crippen LogP contribution in [0.3, 0.4) is 0 Å². The first-order valence-electron chi connectivity index (χ1n) is 7.76. The Morgan fingerprint density at radius 1 is 1.21 bits per heavy atom. The fourth-order valence-corrected chi connectivity index (χ4v) is 2.05. The van der Waals surface area contributed by atoms with Gasteiger partial charge in [-0.3, -0.25) is 0 Å². The molecule has 0 aliphatic rings. The maximum absolute atomic E-state index is 11.8. The van der Waals surface area contributed by atoms with Crippen LogP contribution in [0.2, 0.25) is 5.02 Å². The molecule has 24 heavy (non-hydrogen) atoms. The van der Waals surface area contributed by atoms with Crippen molar-refractivity contribution in [2.24, 2.45) is 5.10 Å². The highest BCUT2D eigenvalue weighted by atomic mass is 35.5. The summed E-state index contributed by atoms with van der Waals surface area (Å²) >= 11 is 6.00. The molecule has 0 atom stereocenters. The molecule has 0 unspecified atom stereocenters. The SMILES string of the molecule is CCCCOc1ccc(NC(=O)NN=Cc2ccccc2Cl)cc1. The number of nitrogens with one attached hydrogen (secondary N) is 2. The van der Waals surface area contributed by atoms with Gasteiger partial charge in [-0.1, -0.05) is 43.1 Å². The Hall–Kier alpha value is -2.53. The number of ether oxygens (including phenoxy) is 1. The fraction of sp³-hybridized carbons (Fsp3) is 0.222. The van der Waals surface area contributed by atoms with Crippen molar-refractivity contribution >= 4 is 29.5 Å². The van der Waals surface area contributed by atoms with Crippen molar-refractivity contribution in [3.05, 3.63) is 59.1 Å². The Balaban J connectivity index is 1.81. The Morgan fingerprint density at radius 3 is 2.67 bits per heavy atom. The standard InChI is InChI=1S/C18H20ClN3O2/c1-2-3-12-24-16-10-8-15(9-11-16)21-18(23)22-20-13-14-6-4-5-7-17(14)19/h4-11,13H,2-3,12H2,1H3,(H2,21,22,23). The van der Waals surface area contributed by atoms with E-state index < -0.39 is 6.03 Å². The molecule has 0 bridgehead atoms. The highest BCUT2D eigenvalue weighted by Crippen LogP contribution is 2.16. The minimum Gasteiger partial charge on any atom is -0.494 e. The number of hydrazone groups is 1. The van der Waals surface area contributed by atoms with Crippen LogP contribution in [-0.2, 0) is 0 Å². The number of rotatable bonds is 7. The number of anilines is 1. The van der Waals surface area contributed by atoms with E-state index in [1.165, 1.54) is 6.21 Å². The molecule has 6 heteroatoms. The largest absolute Gasteiger partial charge is 0.494 e. The summed E-state index contributed by atoms with van der Waals surface area (Å²) < 4.78 is 5.57. The topological polar surface area (TPSA) is 62.7 Å². The Morgan fingerprint density at radius 2 is 1.96 bits per heavy atom. The lowest BCUT2D eigenvalue weighted by Gasteiger charge is -2.07. The van der Waals surface area contributed by atoms with Crippen molar-refractivity contribution in [3.8, 4) is 5.75 Å². The van der Waals surface area contributed by atoms with Crippen LogP contribution in [0.4, 0.5) is 10.5 Å². The second-order valence-electron chi connectivity index (χ2n) is 5.07. The molecule has 0 aliphatic heterocycles. The molecule has 2 aromatic carbocycles. The van der Waals surface area contributed by atoms with Crippen molar-refractivity contribution in [1.29, 1.82) is 0 Å². The Bertz CT molecular complexity index is 687. The minimum absolute atomic E-state index is 0.432. The molecule has 0 fully saturated rings. The number of urea groups is 1. The summed E-state index contributed by atoms with van der Waals surface area (Å²) in [4.78, 5) is 11.8. The van der Waals surface area contributed by atoms with Crippen LogP contribution in [0.25, 0.3) is 0 Å². The van der Waals surface area contributed by atoms with E-state index in [1.807, 2.05) is 30.3 Å². The number of nitrogens with zero attached hydrogens (tertiary/aromatic N) is 1. The molecule has 2 aromatic rings. The number of hydrogen-bond donors (Lipinski definition) is 2. The number of hydrogen-bond acceptors (Lipinski definition) is 3. The van der Waals surface area contributed by atoms with Crippen LogP contribution in [0.5, 0.6) is 5.75 Å². The fourth-order valence-electron chi connectivity index (χ4n) is 1.87. The molecule has 0 saturated heterocycles. The predicted octanol–water partition coefficient (Wildman–Crippen LogP) is 4.67. The summed E-state index contributed by atoms with van der Waals surface area (Å²) in [5.41, 5.74) is 3.78. The van der Waals surface area contributed by atoms with E-state index in [9.17, 15) is 4.79 Å². The first kappa shape index (κ1) is 17.8. The maximum Gasteiger partial charge on any atom is 0.339 e. The van der Waals surface area contributed by atoms with Crippen LogP contribution in [0.15, 0.2) is 53.6 Å². The predicted molar refractivity (Wildman–Crippen MR) is 98.0 cm³/mol. The van der Waals surface area contributed by atoms with Crippen LogP contribution >= 0.6 is 11.6 Å². The van der Waals surface area contributed by atoms with Crippen molar-refractivity contribution in [2.45, 2.75) is 19.8 Å². The van der Waals surface area contributed by atoms with Crippen LogP contribution < -0.4 is 15.5 Å². The third kappa shape index (κ3) is 5.93. The molecule has 0 spiro atoms. The van der Waals surface area contributed by atoms with Gasteiger partial charge in [0.05, 0.1) is 12.8 Å². The van der Waals surface area contributed by atoms with Gasteiger partial charge in [-0.2, -0.15) is 5.10 Å². The number of carbonyl (C=O) groups is 1. The molecule has 2 amide bonds.